The number of rotatable bonds is 4. The molecule has 1 aromatic rings. The summed E-state index contributed by atoms with van der Waals surface area (Å²) in [4.78, 5) is 37.6. The molecule has 0 unspecified atom stereocenters. The van der Waals surface area contributed by atoms with E-state index in [0.717, 1.165) is 0 Å². The number of nitrogens with one attached hydrogen (secondary N) is 1. The number of nitrogens with zero attached hydrogens (tertiary/aromatic N) is 1. The average Bonchev–Trinajstić information content (AvgIpc) is 2.86. The number of Topliss-reactive ketones (excluding diaryl/α,β-unsaturated/α-hetero) is 1. The standard InChI is InChI=1S/C17H22N2O3/c1-17(2,3)19-11-12(9-14(19)20)10-18-16(22)15(21)13-7-5-4-6-8-13/h4-8,12H,9-11H2,1-3H3,(H,18,22)/t12-/m0/s1. The third-order valence-corrected chi connectivity index (χ3v) is 3.81. The van der Waals surface area contributed by atoms with Crippen LogP contribution in [0.25, 0.3) is 0 Å². The van der Waals surface area contributed by atoms with Crippen LogP contribution in [0, 0.1) is 5.92 Å². The Hall–Kier alpha value is -2.17. The van der Waals surface area contributed by atoms with Crippen molar-refractivity contribution in [2.75, 3.05) is 13.1 Å². The van der Waals surface area contributed by atoms with Gasteiger partial charge in [0.2, 0.25) is 11.7 Å². The van der Waals surface area contributed by atoms with Crippen LogP contribution in [0.3, 0.4) is 0 Å². The van der Waals surface area contributed by atoms with Gasteiger partial charge in [-0.2, -0.15) is 0 Å². The van der Waals surface area contributed by atoms with Crippen LogP contribution >= 0.6 is 0 Å². The van der Waals surface area contributed by atoms with E-state index in [2.05, 4.69) is 5.32 Å². The van der Waals surface area contributed by atoms with E-state index in [1.807, 2.05) is 25.7 Å². The molecular formula is C17H22N2O3. The largest absolute Gasteiger partial charge is 0.349 e. The first-order valence-electron chi connectivity index (χ1n) is 7.47. The van der Waals surface area contributed by atoms with Crippen LogP contribution in [-0.2, 0) is 9.59 Å². The van der Waals surface area contributed by atoms with Gasteiger partial charge in [0.15, 0.2) is 0 Å². The fraction of sp³-hybridized carbons (Fsp3) is 0.471. The number of benzene rings is 1. The Morgan fingerprint density at radius 1 is 1.23 bits per heavy atom. The van der Waals surface area contributed by atoms with Crippen LogP contribution in [0.5, 0.6) is 0 Å². The minimum absolute atomic E-state index is 0.0549. The fourth-order valence-electron chi connectivity index (χ4n) is 2.60. The van der Waals surface area contributed by atoms with Crippen molar-refractivity contribution in [2.45, 2.75) is 32.7 Å². The fourth-order valence-corrected chi connectivity index (χ4v) is 2.60. The summed E-state index contributed by atoms with van der Waals surface area (Å²) in [6.45, 7) is 6.93. The highest BCUT2D eigenvalue weighted by atomic mass is 16.2. The third kappa shape index (κ3) is 3.72. The van der Waals surface area contributed by atoms with E-state index in [1.54, 1.807) is 30.3 Å². The van der Waals surface area contributed by atoms with Gasteiger partial charge in [-0.15, -0.1) is 0 Å². The van der Waals surface area contributed by atoms with Crippen molar-refractivity contribution in [3.05, 3.63) is 35.9 Å². The summed E-state index contributed by atoms with van der Waals surface area (Å²) in [6.07, 6.45) is 0.414. The molecule has 0 saturated carbocycles. The molecule has 0 spiro atoms. The van der Waals surface area contributed by atoms with E-state index in [4.69, 9.17) is 0 Å². The Balaban J connectivity index is 1.88. The summed E-state index contributed by atoms with van der Waals surface area (Å²) in [5.74, 6) is -1.01. The van der Waals surface area contributed by atoms with Crippen molar-refractivity contribution in [2.24, 2.45) is 5.92 Å². The van der Waals surface area contributed by atoms with Crippen molar-refractivity contribution in [3.8, 4) is 0 Å². The second-order valence-corrected chi connectivity index (χ2v) is 6.65. The summed E-state index contributed by atoms with van der Waals surface area (Å²) in [7, 11) is 0. The van der Waals surface area contributed by atoms with Crippen LogP contribution in [0.4, 0.5) is 0 Å². The molecule has 5 heteroatoms. The maximum atomic E-state index is 12.0. The van der Waals surface area contributed by atoms with Crippen LogP contribution in [-0.4, -0.2) is 41.1 Å². The van der Waals surface area contributed by atoms with E-state index in [-0.39, 0.29) is 17.4 Å². The third-order valence-electron chi connectivity index (χ3n) is 3.81. The molecule has 2 amide bonds. The molecular weight excluding hydrogens is 280 g/mol. The van der Waals surface area contributed by atoms with Gasteiger partial charge in [0.25, 0.3) is 5.91 Å². The number of hydrogen-bond acceptors (Lipinski definition) is 3. The van der Waals surface area contributed by atoms with Crippen molar-refractivity contribution in [3.63, 3.8) is 0 Å². The van der Waals surface area contributed by atoms with Crippen molar-refractivity contribution < 1.29 is 14.4 Å². The summed E-state index contributed by atoms with van der Waals surface area (Å²) >= 11 is 0. The van der Waals surface area contributed by atoms with Crippen LogP contribution in [0.15, 0.2) is 30.3 Å². The predicted molar refractivity (Wildman–Crippen MR) is 83.4 cm³/mol. The van der Waals surface area contributed by atoms with Crippen LogP contribution in [0.2, 0.25) is 0 Å². The molecule has 0 bridgehead atoms. The highest BCUT2D eigenvalue weighted by Gasteiger charge is 2.36. The van der Waals surface area contributed by atoms with Gasteiger partial charge in [-0.05, 0) is 20.8 Å². The molecule has 2 rings (SSSR count). The lowest BCUT2D eigenvalue weighted by molar-refractivity contribution is -0.131. The van der Waals surface area contributed by atoms with Crippen molar-refractivity contribution in [1.82, 2.24) is 10.2 Å². The van der Waals surface area contributed by atoms with Gasteiger partial charge in [0, 0.05) is 36.5 Å². The van der Waals surface area contributed by atoms with Crippen molar-refractivity contribution >= 4 is 17.6 Å². The van der Waals surface area contributed by atoms with Gasteiger partial charge >= 0.3 is 0 Å². The molecule has 1 aliphatic heterocycles. The van der Waals surface area contributed by atoms with E-state index in [0.29, 0.717) is 25.1 Å². The zero-order chi connectivity index (χ0) is 16.3. The first kappa shape index (κ1) is 16.2. The van der Waals surface area contributed by atoms with Gasteiger partial charge in [0.05, 0.1) is 0 Å². The van der Waals surface area contributed by atoms with E-state index >= 15 is 0 Å². The SMILES string of the molecule is CC(C)(C)N1C[C@H](CNC(=O)C(=O)c2ccccc2)CC1=O. The van der Waals surface area contributed by atoms with Gasteiger partial charge in [-0.3, -0.25) is 14.4 Å². The minimum Gasteiger partial charge on any atom is -0.349 e. The number of likely N-dealkylation sites (tertiary alicyclic amines) is 1. The lowest BCUT2D eigenvalue weighted by Gasteiger charge is -2.32. The van der Waals surface area contributed by atoms with Gasteiger partial charge in [-0.25, -0.2) is 0 Å². The summed E-state index contributed by atoms with van der Waals surface area (Å²) in [6, 6.07) is 8.46. The van der Waals surface area contributed by atoms with E-state index in [1.165, 1.54) is 0 Å². The molecule has 0 radical (unpaired) electrons. The Kier molecular flexibility index (Phi) is 4.64. The molecule has 1 saturated heterocycles. The maximum Gasteiger partial charge on any atom is 0.292 e. The number of amides is 2. The summed E-state index contributed by atoms with van der Waals surface area (Å²) < 4.78 is 0. The highest BCUT2D eigenvalue weighted by Crippen LogP contribution is 2.25. The molecule has 1 aromatic carbocycles. The molecule has 0 aromatic heterocycles. The number of carbonyl (C=O) groups excluding carboxylic acids is 3. The first-order chi connectivity index (χ1) is 10.3. The van der Waals surface area contributed by atoms with E-state index < -0.39 is 11.7 Å². The van der Waals surface area contributed by atoms with Crippen LogP contribution in [0.1, 0.15) is 37.6 Å². The molecule has 1 atom stereocenters. The predicted octanol–water partition coefficient (Wildman–Crippen LogP) is 1.63. The number of ketones is 1. The molecule has 0 aliphatic carbocycles. The zero-order valence-corrected chi connectivity index (χ0v) is 13.3. The molecule has 1 heterocycles. The molecule has 5 nitrogen and oxygen atoms in total. The summed E-state index contributed by atoms with van der Waals surface area (Å²) in [5.41, 5.74) is 0.161. The Morgan fingerprint density at radius 3 is 2.41 bits per heavy atom. The molecule has 1 aliphatic rings. The molecule has 118 valence electrons. The quantitative estimate of drug-likeness (QED) is 0.679. The lowest BCUT2D eigenvalue weighted by Crippen LogP contribution is -2.43. The molecule has 1 fully saturated rings. The van der Waals surface area contributed by atoms with E-state index in [9.17, 15) is 14.4 Å². The second-order valence-electron chi connectivity index (χ2n) is 6.65. The Morgan fingerprint density at radius 2 is 1.86 bits per heavy atom. The first-order valence-corrected chi connectivity index (χ1v) is 7.47. The monoisotopic (exact) mass is 302 g/mol. The van der Waals surface area contributed by atoms with Gasteiger partial charge in [-0.1, -0.05) is 30.3 Å². The zero-order valence-electron chi connectivity index (χ0n) is 13.3. The number of carbonyl (C=O) groups is 3. The smallest absolute Gasteiger partial charge is 0.292 e. The minimum atomic E-state index is -0.618. The Bertz CT molecular complexity index is 575. The molecule has 1 N–H and O–H groups in total. The lowest BCUT2D eigenvalue weighted by atomic mass is 10.1. The van der Waals surface area contributed by atoms with Gasteiger partial charge < -0.3 is 10.2 Å². The maximum absolute atomic E-state index is 12.0. The normalized spacial score (nSPS) is 18.4. The average molecular weight is 302 g/mol. The highest BCUT2D eigenvalue weighted by molar-refractivity contribution is 6.42. The summed E-state index contributed by atoms with van der Waals surface area (Å²) in [5, 5.41) is 2.65. The molecule has 22 heavy (non-hydrogen) atoms. The number of hydrogen-bond donors (Lipinski definition) is 1. The Labute approximate surface area is 130 Å². The van der Waals surface area contributed by atoms with Crippen molar-refractivity contribution in [1.29, 1.82) is 0 Å². The topological polar surface area (TPSA) is 66.5 Å². The second kappa shape index (κ2) is 6.30. The van der Waals surface area contributed by atoms with Gasteiger partial charge in [0.1, 0.15) is 0 Å². The van der Waals surface area contributed by atoms with Crippen LogP contribution < -0.4 is 5.32 Å².